The molecule has 1 rings (SSSR count). The molecule has 0 bridgehead atoms. The average Bonchev–Trinajstić information content (AvgIpc) is 2.46. The van der Waals surface area contributed by atoms with Crippen molar-refractivity contribution in [3.05, 3.63) is 20.0 Å². The van der Waals surface area contributed by atoms with Crippen molar-refractivity contribution in [2.24, 2.45) is 5.41 Å². The summed E-state index contributed by atoms with van der Waals surface area (Å²) in [5.74, 6) is 0. The smallest absolute Gasteiger partial charge is 0.147 e. The molecule has 0 saturated heterocycles. The summed E-state index contributed by atoms with van der Waals surface area (Å²) in [7, 11) is 5.11. The van der Waals surface area contributed by atoms with Crippen molar-refractivity contribution in [2.45, 2.75) is 34.6 Å². The molecule has 6 heteroatoms. The Bertz CT molecular complexity index is 377. The van der Waals surface area contributed by atoms with Gasteiger partial charge in [0.25, 0.3) is 0 Å². The standard InChI is InChI=1S/C10H15.3CH3O.2ClH.Hf/c1-7-6-10(4,5)9(3)8(7)2;3*1-2;;;/h1-5H3;3*1H3;2*1H;/q;3*-1;;;+3. The summed E-state index contributed by atoms with van der Waals surface area (Å²) in [6, 6.07) is 0. The minimum absolute atomic E-state index is 0. The molecule has 0 unspecified atom stereocenters. The van der Waals surface area contributed by atoms with Gasteiger partial charge in [0.2, 0.25) is 0 Å². The summed E-state index contributed by atoms with van der Waals surface area (Å²) in [6.45, 7) is 11.0. The van der Waals surface area contributed by atoms with Gasteiger partial charge in [-0.15, -0.1) is 24.8 Å². The summed E-state index contributed by atoms with van der Waals surface area (Å²) in [6.07, 6.45) is 0. The van der Waals surface area contributed by atoms with Crippen LogP contribution in [0.1, 0.15) is 34.6 Å². The van der Waals surface area contributed by atoms with E-state index >= 15 is 0 Å². The van der Waals surface area contributed by atoms with Gasteiger partial charge in [-0.2, -0.15) is 0 Å². The summed E-state index contributed by atoms with van der Waals surface area (Å²) in [5, 5.41) is 0. The largest absolute Gasteiger partial charge is 0.147 e. The first-order chi connectivity index (χ1) is 7.78. The Labute approximate surface area is 135 Å². The summed E-state index contributed by atoms with van der Waals surface area (Å²) in [5.41, 5.74) is 4.01. The van der Waals surface area contributed by atoms with E-state index in [1.807, 2.05) is 0 Å². The normalized spacial score (nSPS) is 18.3. The van der Waals surface area contributed by atoms with Crippen molar-refractivity contribution >= 4 is 24.8 Å². The van der Waals surface area contributed by atoms with Crippen LogP contribution >= 0.6 is 24.8 Å². The van der Waals surface area contributed by atoms with Crippen LogP contribution in [0, 0.1) is 5.41 Å². The maximum atomic E-state index is 5.72. The van der Waals surface area contributed by atoms with E-state index in [0.717, 1.165) is 0 Å². The Morgan fingerprint density at radius 3 is 1.37 bits per heavy atom. The maximum absolute atomic E-state index is 5.72. The third-order valence-corrected chi connectivity index (χ3v) is 15.8. The van der Waals surface area contributed by atoms with E-state index in [-0.39, 0.29) is 30.2 Å². The molecule has 0 saturated carbocycles. The number of rotatable bonds is 4. The van der Waals surface area contributed by atoms with Crippen LogP contribution in [0.2, 0.25) is 0 Å². The van der Waals surface area contributed by atoms with Gasteiger partial charge in [-0.1, -0.05) is 0 Å². The first-order valence-electron chi connectivity index (χ1n) is 5.84. The summed E-state index contributed by atoms with van der Waals surface area (Å²) >= 11 is -3.71. The predicted molar refractivity (Wildman–Crippen MR) is 80.4 cm³/mol. The van der Waals surface area contributed by atoms with E-state index in [4.69, 9.17) is 8.56 Å². The van der Waals surface area contributed by atoms with Crippen LogP contribution in [0.4, 0.5) is 0 Å². The number of halogens is 2. The minimum atomic E-state index is -3.71. The average molecular weight is 480 g/mol. The monoisotopic (exact) mass is 480 g/mol. The van der Waals surface area contributed by atoms with Crippen molar-refractivity contribution in [1.82, 2.24) is 0 Å². The molecule has 0 fully saturated rings. The molecule has 0 aromatic heterocycles. The molecule has 0 aliphatic heterocycles. The van der Waals surface area contributed by atoms with Crippen molar-refractivity contribution in [1.29, 1.82) is 0 Å². The Balaban J connectivity index is 0. The van der Waals surface area contributed by atoms with E-state index in [0.29, 0.717) is 0 Å². The van der Waals surface area contributed by atoms with Crippen molar-refractivity contribution in [3.8, 4) is 0 Å². The molecule has 1 aliphatic carbocycles. The first kappa shape index (κ1) is 22.1. The van der Waals surface area contributed by atoms with Crippen LogP contribution in [0.5, 0.6) is 0 Å². The van der Waals surface area contributed by atoms with Crippen LogP contribution in [0.25, 0.3) is 0 Å². The van der Waals surface area contributed by atoms with E-state index in [1.165, 1.54) is 20.0 Å². The molecule has 1 aliphatic rings. The molecular formula is C13H26Cl2HfO3. The SMILES string of the molecule is C[O][Hf]([O]C)([O]C)[C]1=C(C)C(C)=C(C)C1(C)C.Cl.Cl. The van der Waals surface area contributed by atoms with E-state index < -0.39 is 21.3 Å². The molecule has 0 amide bonds. The van der Waals surface area contributed by atoms with Crippen molar-refractivity contribution in [3.63, 3.8) is 0 Å². The molecule has 0 aromatic rings. The fourth-order valence-electron chi connectivity index (χ4n) is 2.76. The maximum Gasteiger partial charge on any atom is -0.147 e. The Morgan fingerprint density at radius 2 is 1.16 bits per heavy atom. The molecule has 0 atom stereocenters. The zero-order valence-electron chi connectivity index (χ0n) is 13.0. The Morgan fingerprint density at radius 1 is 0.789 bits per heavy atom. The van der Waals surface area contributed by atoms with Crippen LogP contribution in [0.15, 0.2) is 20.0 Å². The van der Waals surface area contributed by atoms with Crippen LogP contribution in [-0.2, 0) is 29.8 Å². The zero-order chi connectivity index (χ0) is 13.4. The topological polar surface area (TPSA) is 27.7 Å². The van der Waals surface area contributed by atoms with Gasteiger partial charge < -0.3 is 0 Å². The van der Waals surface area contributed by atoms with Gasteiger partial charge in [0.1, 0.15) is 0 Å². The quantitative estimate of drug-likeness (QED) is 0.562. The van der Waals surface area contributed by atoms with Gasteiger partial charge in [0, 0.05) is 0 Å². The fourth-order valence-corrected chi connectivity index (χ4v) is 12.5. The number of hydrogen-bond donors (Lipinski definition) is 0. The van der Waals surface area contributed by atoms with Gasteiger partial charge >= 0.3 is 111 Å². The number of allylic oxidation sites excluding steroid dienone is 4. The van der Waals surface area contributed by atoms with Gasteiger partial charge in [0.15, 0.2) is 0 Å². The molecule has 0 radical (unpaired) electrons. The van der Waals surface area contributed by atoms with Crippen molar-refractivity contribution in [2.75, 3.05) is 21.3 Å². The van der Waals surface area contributed by atoms with Gasteiger partial charge in [0.05, 0.1) is 0 Å². The van der Waals surface area contributed by atoms with Crippen LogP contribution < -0.4 is 0 Å². The fraction of sp³-hybridized carbons (Fsp3) is 0.692. The molecule has 114 valence electrons. The van der Waals surface area contributed by atoms with Gasteiger partial charge in [-0.3, -0.25) is 0 Å². The second kappa shape index (κ2) is 7.71. The van der Waals surface area contributed by atoms with E-state index in [9.17, 15) is 0 Å². The Kier molecular flexibility index (Phi) is 8.97. The summed E-state index contributed by atoms with van der Waals surface area (Å²) < 4.78 is 18.4. The molecule has 0 heterocycles. The van der Waals surface area contributed by atoms with E-state index in [1.54, 1.807) is 21.3 Å². The molecule has 19 heavy (non-hydrogen) atoms. The van der Waals surface area contributed by atoms with Crippen LogP contribution in [0.3, 0.4) is 0 Å². The van der Waals surface area contributed by atoms with Crippen LogP contribution in [-0.4, -0.2) is 21.3 Å². The third kappa shape index (κ3) is 3.35. The molecule has 0 spiro atoms. The zero-order valence-corrected chi connectivity index (χ0v) is 18.3. The molecule has 0 N–H and O–H groups in total. The first-order valence-corrected chi connectivity index (χ1v) is 12.0. The summed E-state index contributed by atoms with van der Waals surface area (Å²) in [4.78, 5) is 0. The van der Waals surface area contributed by atoms with Gasteiger partial charge in [-0.05, 0) is 0 Å². The van der Waals surface area contributed by atoms with Gasteiger partial charge in [-0.25, -0.2) is 0 Å². The minimum Gasteiger partial charge on any atom is -0.147 e. The third-order valence-electron chi connectivity index (χ3n) is 4.17. The second-order valence-electron chi connectivity index (χ2n) is 5.04. The van der Waals surface area contributed by atoms with Crippen molar-refractivity contribution < 1.29 is 29.8 Å². The molecule has 0 aromatic carbocycles. The second-order valence-corrected chi connectivity index (χ2v) is 15.2. The van der Waals surface area contributed by atoms with E-state index in [2.05, 4.69) is 34.6 Å². The molecular weight excluding hydrogens is 454 g/mol. The molecule has 3 nitrogen and oxygen atoms in total. The number of hydrogen-bond acceptors (Lipinski definition) is 3. The predicted octanol–water partition coefficient (Wildman–Crippen LogP) is 4.32. The Hall–Kier alpha value is 0.810.